The molecular formula is C8H8N4OS. The maximum atomic E-state index is 11.0. The molecule has 1 aliphatic heterocycles. The van der Waals surface area contributed by atoms with Crippen molar-refractivity contribution in [2.24, 2.45) is 0 Å². The van der Waals surface area contributed by atoms with E-state index in [2.05, 4.69) is 9.36 Å². The Morgan fingerprint density at radius 1 is 1.43 bits per heavy atom. The van der Waals surface area contributed by atoms with Crippen molar-refractivity contribution in [1.82, 2.24) is 9.36 Å². The van der Waals surface area contributed by atoms with E-state index in [0.29, 0.717) is 31.7 Å². The van der Waals surface area contributed by atoms with E-state index < -0.39 is 0 Å². The van der Waals surface area contributed by atoms with Gasteiger partial charge in [0.25, 0.3) is 0 Å². The van der Waals surface area contributed by atoms with Gasteiger partial charge in [0.15, 0.2) is 0 Å². The predicted octanol–water partition coefficient (Wildman–Crippen LogP) is 0.579. The Balaban J connectivity index is 2.09. The first-order valence-corrected chi connectivity index (χ1v) is 5.07. The van der Waals surface area contributed by atoms with Gasteiger partial charge in [0, 0.05) is 37.5 Å². The first-order valence-electron chi connectivity index (χ1n) is 4.30. The van der Waals surface area contributed by atoms with Crippen molar-refractivity contribution in [3.8, 4) is 6.07 Å². The van der Waals surface area contributed by atoms with E-state index >= 15 is 0 Å². The third kappa shape index (κ3) is 1.72. The van der Waals surface area contributed by atoms with Gasteiger partial charge in [-0.25, -0.2) is 0 Å². The molecule has 1 fully saturated rings. The van der Waals surface area contributed by atoms with E-state index in [-0.39, 0.29) is 5.82 Å². The van der Waals surface area contributed by atoms with Crippen LogP contribution in [0.25, 0.3) is 0 Å². The maximum absolute atomic E-state index is 11.0. The molecule has 1 aromatic heterocycles. The molecule has 2 heterocycles. The fourth-order valence-corrected chi connectivity index (χ4v) is 2.01. The Kier molecular flexibility index (Phi) is 2.41. The van der Waals surface area contributed by atoms with E-state index in [9.17, 15) is 4.79 Å². The van der Waals surface area contributed by atoms with Crippen LogP contribution in [0, 0.1) is 11.3 Å². The van der Waals surface area contributed by atoms with Crippen molar-refractivity contribution < 1.29 is 4.79 Å². The van der Waals surface area contributed by atoms with Gasteiger partial charge in [0.05, 0.1) is 0 Å². The van der Waals surface area contributed by atoms with Crippen LogP contribution in [0.4, 0.5) is 5.13 Å². The normalized spacial score (nSPS) is 16.8. The number of piperidine rings is 1. The van der Waals surface area contributed by atoms with E-state index in [4.69, 9.17) is 5.26 Å². The van der Waals surface area contributed by atoms with Gasteiger partial charge in [0.2, 0.25) is 11.0 Å². The molecule has 6 heteroatoms. The van der Waals surface area contributed by atoms with Crippen molar-refractivity contribution in [1.29, 1.82) is 5.26 Å². The SMILES string of the molecule is N#Cc1nsc(N2CCC(=O)CC2)n1. The Hall–Kier alpha value is -1.48. The Morgan fingerprint density at radius 2 is 2.14 bits per heavy atom. The molecule has 0 N–H and O–H groups in total. The minimum Gasteiger partial charge on any atom is -0.346 e. The molecule has 0 bridgehead atoms. The van der Waals surface area contributed by atoms with E-state index in [1.807, 2.05) is 11.0 Å². The zero-order chi connectivity index (χ0) is 9.97. The standard InChI is InChI=1S/C8H8N4OS/c9-5-7-10-8(14-11-7)12-3-1-6(13)2-4-12/h1-4H2. The number of nitrogens with zero attached hydrogens (tertiary/aromatic N) is 4. The van der Waals surface area contributed by atoms with Crippen molar-refractivity contribution >= 4 is 22.4 Å². The number of Topliss-reactive ketones (excluding diaryl/α,β-unsaturated/α-hetero) is 1. The van der Waals surface area contributed by atoms with E-state index in [0.717, 1.165) is 5.13 Å². The number of aromatic nitrogens is 2. The van der Waals surface area contributed by atoms with Crippen LogP contribution in [0.3, 0.4) is 0 Å². The largest absolute Gasteiger partial charge is 0.346 e. The highest BCUT2D eigenvalue weighted by atomic mass is 32.1. The van der Waals surface area contributed by atoms with Crippen molar-refractivity contribution in [2.75, 3.05) is 18.0 Å². The summed E-state index contributed by atoms with van der Waals surface area (Å²) in [7, 11) is 0. The summed E-state index contributed by atoms with van der Waals surface area (Å²) < 4.78 is 3.87. The molecule has 2 rings (SSSR count). The fraction of sp³-hybridized carbons (Fsp3) is 0.500. The average Bonchev–Trinajstić information content (AvgIpc) is 2.67. The lowest BCUT2D eigenvalue weighted by Gasteiger charge is -2.24. The van der Waals surface area contributed by atoms with Crippen LogP contribution in [0.2, 0.25) is 0 Å². The minimum atomic E-state index is 0.210. The first kappa shape index (κ1) is 9.09. The van der Waals surface area contributed by atoms with Gasteiger partial charge in [0.1, 0.15) is 11.9 Å². The van der Waals surface area contributed by atoms with Gasteiger partial charge in [-0.05, 0) is 0 Å². The summed E-state index contributed by atoms with van der Waals surface area (Å²) in [4.78, 5) is 17.0. The number of carbonyl (C=O) groups is 1. The van der Waals surface area contributed by atoms with Gasteiger partial charge in [-0.15, -0.1) is 0 Å². The second-order valence-corrected chi connectivity index (χ2v) is 3.77. The maximum Gasteiger partial charge on any atom is 0.245 e. The molecule has 1 aromatic rings. The molecule has 0 saturated carbocycles. The van der Waals surface area contributed by atoms with E-state index in [1.54, 1.807) is 0 Å². The van der Waals surface area contributed by atoms with Gasteiger partial charge in [-0.1, -0.05) is 0 Å². The summed E-state index contributed by atoms with van der Waals surface area (Å²) in [5, 5.41) is 9.29. The monoisotopic (exact) mass is 208 g/mol. The van der Waals surface area contributed by atoms with Crippen molar-refractivity contribution in [3.63, 3.8) is 0 Å². The van der Waals surface area contributed by atoms with Gasteiger partial charge < -0.3 is 4.90 Å². The van der Waals surface area contributed by atoms with Crippen molar-refractivity contribution in [2.45, 2.75) is 12.8 Å². The lowest BCUT2D eigenvalue weighted by molar-refractivity contribution is -0.119. The molecule has 14 heavy (non-hydrogen) atoms. The highest BCUT2D eigenvalue weighted by molar-refractivity contribution is 7.09. The lowest BCUT2D eigenvalue weighted by atomic mass is 10.1. The number of carbonyl (C=O) groups excluding carboxylic acids is 1. The Bertz CT molecular complexity index is 384. The molecule has 72 valence electrons. The third-order valence-electron chi connectivity index (χ3n) is 2.11. The topological polar surface area (TPSA) is 69.9 Å². The third-order valence-corrected chi connectivity index (χ3v) is 2.88. The molecule has 1 aliphatic rings. The van der Waals surface area contributed by atoms with Crippen LogP contribution >= 0.6 is 11.5 Å². The molecule has 0 amide bonds. The second-order valence-electron chi connectivity index (χ2n) is 3.04. The summed E-state index contributed by atoms with van der Waals surface area (Å²) in [6, 6.07) is 1.89. The smallest absolute Gasteiger partial charge is 0.245 e. The van der Waals surface area contributed by atoms with Crippen LogP contribution in [-0.4, -0.2) is 28.2 Å². The first-order chi connectivity index (χ1) is 6.79. The quantitative estimate of drug-likeness (QED) is 0.675. The molecule has 0 radical (unpaired) electrons. The molecule has 0 spiro atoms. The Labute approximate surface area is 85.1 Å². The lowest BCUT2D eigenvalue weighted by Crippen LogP contribution is -2.33. The number of anilines is 1. The van der Waals surface area contributed by atoms with Gasteiger partial charge in [-0.3, -0.25) is 4.79 Å². The second kappa shape index (κ2) is 3.72. The van der Waals surface area contributed by atoms with Gasteiger partial charge in [-0.2, -0.15) is 14.6 Å². The summed E-state index contributed by atoms with van der Waals surface area (Å²) in [5.41, 5.74) is 0. The number of hydrogen-bond donors (Lipinski definition) is 0. The Morgan fingerprint density at radius 3 is 2.71 bits per heavy atom. The zero-order valence-electron chi connectivity index (χ0n) is 7.43. The molecule has 0 aliphatic carbocycles. The summed E-state index contributed by atoms with van der Waals surface area (Å²) in [6.45, 7) is 1.39. The van der Waals surface area contributed by atoms with E-state index in [1.165, 1.54) is 11.5 Å². The number of hydrogen-bond acceptors (Lipinski definition) is 6. The van der Waals surface area contributed by atoms with Crippen LogP contribution in [0.5, 0.6) is 0 Å². The fourth-order valence-electron chi connectivity index (χ4n) is 1.34. The zero-order valence-corrected chi connectivity index (χ0v) is 8.25. The summed E-state index contributed by atoms with van der Waals surface area (Å²) >= 11 is 1.21. The predicted molar refractivity (Wildman–Crippen MR) is 51.1 cm³/mol. The average molecular weight is 208 g/mol. The molecule has 5 nitrogen and oxygen atoms in total. The van der Waals surface area contributed by atoms with Crippen molar-refractivity contribution in [3.05, 3.63) is 5.82 Å². The molecule has 0 aromatic carbocycles. The highest BCUT2D eigenvalue weighted by Gasteiger charge is 2.19. The number of rotatable bonds is 1. The van der Waals surface area contributed by atoms with Gasteiger partial charge >= 0.3 is 0 Å². The van der Waals surface area contributed by atoms with Crippen LogP contribution in [-0.2, 0) is 4.79 Å². The molecular weight excluding hydrogens is 200 g/mol. The van der Waals surface area contributed by atoms with Crippen LogP contribution < -0.4 is 4.90 Å². The summed E-state index contributed by atoms with van der Waals surface area (Å²) in [5.74, 6) is 0.508. The molecule has 0 atom stereocenters. The molecule has 0 unspecified atom stereocenters. The number of ketones is 1. The summed E-state index contributed by atoms with van der Waals surface area (Å²) in [6.07, 6.45) is 1.14. The van der Waals surface area contributed by atoms with Crippen LogP contribution in [0.1, 0.15) is 18.7 Å². The number of nitriles is 1. The van der Waals surface area contributed by atoms with Crippen LogP contribution in [0.15, 0.2) is 0 Å². The highest BCUT2D eigenvalue weighted by Crippen LogP contribution is 2.20. The minimum absolute atomic E-state index is 0.210. The molecule has 1 saturated heterocycles.